The van der Waals surface area contributed by atoms with Gasteiger partial charge in [0.15, 0.2) is 4.34 Å². The van der Waals surface area contributed by atoms with Gasteiger partial charge in [-0.05, 0) is 48.0 Å². The van der Waals surface area contributed by atoms with Crippen LogP contribution in [0.25, 0.3) is 32.2 Å². The van der Waals surface area contributed by atoms with Crippen molar-refractivity contribution in [2.45, 2.75) is 16.0 Å². The van der Waals surface area contributed by atoms with E-state index in [0.717, 1.165) is 25.7 Å². The zero-order chi connectivity index (χ0) is 29.1. The van der Waals surface area contributed by atoms with Crippen LogP contribution in [0.3, 0.4) is 0 Å². The van der Waals surface area contributed by atoms with Gasteiger partial charge >= 0.3 is 11.3 Å². The van der Waals surface area contributed by atoms with E-state index < -0.39 is 17.2 Å². The van der Waals surface area contributed by atoms with Crippen LogP contribution < -0.4 is 20.7 Å². The fraction of sp³-hybridized carbons (Fsp3) is 0.0882. The normalized spacial score (nSPS) is 12.8. The molecule has 0 bridgehead atoms. The molecule has 0 saturated carbocycles. The van der Waals surface area contributed by atoms with Crippen LogP contribution in [-0.2, 0) is 5.75 Å². The fourth-order valence-electron chi connectivity index (χ4n) is 5.71. The zero-order valence-electron chi connectivity index (χ0n) is 22.7. The molecule has 1 aliphatic heterocycles. The van der Waals surface area contributed by atoms with Gasteiger partial charge in [0.2, 0.25) is 0 Å². The molecular formula is C34H21NO6S2. The lowest BCUT2D eigenvalue weighted by Crippen LogP contribution is -2.26. The summed E-state index contributed by atoms with van der Waals surface area (Å²) in [7, 11) is 1.63. The lowest BCUT2D eigenvalue weighted by atomic mass is 9.82. The minimum absolute atomic E-state index is 0.253. The number of hydrogen-bond donors (Lipinski definition) is 0. The van der Waals surface area contributed by atoms with Crippen molar-refractivity contribution in [3.63, 3.8) is 0 Å². The van der Waals surface area contributed by atoms with Crippen molar-refractivity contribution in [1.82, 2.24) is 4.98 Å². The molecule has 0 unspecified atom stereocenters. The summed E-state index contributed by atoms with van der Waals surface area (Å²) in [4.78, 5) is 32.0. The molecule has 210 valence electrons. The average Bonchev–Trinajstić information content (AvgIpc) is 3.46. The summed E-state index contributed by atoms with van der Waals surface area (Å²) >= 11 is 3.24. The SMILES string of the molecule is COc1ccc(C2c3c(c4ccccc4oc3=O)Oc3c2c(=O)oc2ccccc32)cc1CSc1nc2ccccc2s1. The first-order valence-electron chi connectivity index (χ1n) is 13.5. The summed E-state index contributed by atoms with van der Waals surface area (Å²) in [5.74, 6) is 1.22. The third-order valence-electron chi connectivity index (χ3n) is 7.64. The molecule has 4 aromatic carbocycles. The molecule has 3 aromatic heterocycles. The van der Waals surface area contributed by atoms with Crippen molar-refractivity contribution in [3.05, 3.63) is 134 Å². The summed E-state index contributed by atoms with van der Waals surface area (Å²) in [5, 5.41) is 1.29. The minimum Gasteiger partial charge on any atom is -0.496 e. The average molecular weight is 604 g/mol. The Morgan fingerprint density at radius 3 is 2.09 bits per heavy atom. The van der Waals surface area contributed by atoms with Gasteiger partial charge in [0.1, 0.15) is 28.4 Å². The molecule has 0 aliphatic carbocycles. The van der Waals surface area contributed by atoms with Crippen molar-refractivity contribution in [3.8, 4) is 17.2 Å². The second-order valence-corrected chi connectivity index (χ2v) is 12.4. The Morgan fingerprint density at radius 2 is 1.44 bits per heavy atom. The molecular weight excluding hydrogens is 583 g/mol. The van der Waals surface area contributed by atoms with Gasteiger partial charge < -0.3 is 18.3 Å². The van der Waals surface area contributed by atoms with E-state index in [1.165, 1.54) is 0 Å². The minimum atomic E-state index is -0.794. The lowest BCUT2D eigenvalue weighted by molar-refractivity contribution is 0.410. The van der Waals surface area contributed by atoms with E-state index in [4.69, 9.17) is 23.3 Å². The Hall–Kier alpha value is -4.86. The third kappa shape index (κ3) is 4.23. The number of fused-ring (bicyclic) bond motifs is 7. The van der Waals surface area contributed by atoms with E-state index >= 15 is 0 Å². The number of thioether (sulfide) groups is 1. The summed E-state index contributed by atoms with van der Waals surface area (Å²) in [6, 6.07) is 28.2. The first kappa shape index (κ1) is 25.8. The Labute approximate surface area is 252 Å². The molecule has 43 heavy (non-hydrogen) atoms. The monoisotopic (exact) mass is 603 g/mol. The van der Waals surface area contributed by atoms with Gasteiger partial charge in [-0.25, -0.2) is 14.6 Å². The summed E-state index contributed by atoms with van der Waals surface area (Å²) < 4.78 is 25.8. The van der Waals surface area contributed by atoms with Crippen molar-refractivity contribution >= 4 is 55.3 Å². The number of benzene rings is 4. The van der Waals surface area contributed by atoms with Gasteiger partial charge in [-0.3, -0.25) is 0 Å². The van der Waals surface area contributed by atoms with Gasteiger partial charge in [0, 0.05) is 11.3 Å². The van der Waals surface area contributed by atoms with Crippen LogP contribution in [-0.4, -0.2) is 12.1 Å². The van der Waals surface area contributed by atoms with Crippen LogP contribution in [0, 0.1) is 0 Å². The number of para-hydroxylation sites is 3. The van der Waals surface area contributed by atoms with E-state index in [2.05, 4.69) is 6.07 Å². The van der Waals surface area contributed by atoms with Crippen molar-refractivity contribution in [2.24, 2.45) is 0 Å². The maximum absolute atomic E-state index is 13.6. The van der Waals surface area contributed by atoms with Gasteiger partial charge in [-0.15, -0.1) is 11.3 Å². The maximum Gasteiger partial charge on any atom is 0.344 e. The number of ether oxygens (including phenoxy) is 2. The first-order valence-corrected chi connectivity index (χ1v) is 15.3. The molecule has 0 radical (unpaired) electrons. The van der Waals surface area contributed by atoms with E-state index in [1.807, 2.05) is 60.7 Å². The number of nitrogens with zero attached hydrogens (tertiary/aromatic N) is 1. The number of hydrogen-bond acceptors (Lipinski definition) is 9. The summed E-state index contributed by atoms with van der Waals surface area (Å²) in [5.41, 5.74) is 2.75. The Bertz CT molecular complexity index is 2200. The molecule has 0 spiro atoms. The first-order chi connectivity index (χ1) is 21.1. The maximum atomic E-state index is 13.6. The largest absolute Gasteiger partial charge is 0.496 e. The predicted octanol–water partition coefficient (Wildman–Crippen LogP) is 8.10. The summed E-state index contributed by atoms with van der Waals surface area (Å²) in [6.45, 7) is 0. The predicted molar refractivity (Wildman–Crippen MR) is 168 cm³/mol. The standard InChI is InChI=1S/C34H21NO6S2/c1-38-23-15-14-18(16-19(23)17-42-34-35-22-10-4-7-13-26(22)43-34)27-28-30(20-8-2-5-11-24(20)39-32(28)36)41-31-21-9-3-6-12-25(21)40-33(37)29(27)31/h2-16,27H,17H2,1H3. The fourth-order valence-corrected chi connectivity index (χ4v) is 7.76. The van der Waals surface area contributed by atoms with Crippen LogP contribution >= 0.6 is 23.1 Å². The van der Waals surface area contributed by atoms with E-state index in [1.54, 1.807) is 54.5 Å². The second kappa shape index (κ2) is 10.1. The van der Waals surface area contributed by atoms with Gasteiger partial charge in [-0.1, -0.05) is 60.3 Å². The summed E-state index contributed by atoms with van der Waals surface area (Å²) in [6.07, 6.45) is 0. The lowest BCUT2D eigenvalue weighted by Gasteiger charge is -2.28. The molecule has 4 heterocycles. The number of thiazole rings is 1. The zero-order valence-corrected chi connectivity index (χ0v) is 24.3. The molecule has 7 nitrogen and oxygen atoms in total. The van der Waals surface area contributed by atoms with E-state index in [0.29, 0.717) is 44.9 Å². The highest BCUT2D eigenvalue weighted by molar-refractivity contribution is 8.00. The molecule has 0 amide bonds. The van der Waals surface area contributed by atoms with Crippen molar-refractivity contribution < 1.29 is 18.3 Å². The van der Waals surface area contributed by atoms with E-state index in [9.17, 15) is 9.59 Å². The van der Waals surface area contributed by atoms with Crippen LogP contribution in [0.15, 0.2) is 114 Å². The van der Waals surface area contributed by atoms with Crippen LogP contribution in [0.5, 0.6) is 17.2 Å². The quantitative estimate of drug-likeness (QED) is 0.144. The van der Waals surface area contributed by atoms with Gasteiger partial charge in [0.25, 0.3) is 0 Å². The molecule has 0 N–H and O–H groups in total. The highest BCUT2D eigenvalue weighted by atomic mass is 32.2. The highest BCUT2D eigenvalue weighted by Gasteiger charge is 2.38. The van der Waals surface area contributed by atoms with Crippen LogP contribution in [0.4, 0.5) is 0 Å². The Morgan fingerprint density at radius 1 is 0.814 bits per heavy atom. The van der Waals surface area contributed by atoms with Gasteiger partial charge in [-0.2, -0.15) is 0 Å². The molecule has 0 atom stereocenters. The van der Waals surface area contributed by atoms with Gasteiger partial charge in [0.05, 0.1) is 45.1 Å². The molecule has 8 rings (SSSR count). The van der Waals surface area contributed by atoms with Crippen LogP contribution in [0.2, 0.25) is 0 Å². The number of aromatic nitrogens is 1. The highest BCUT2D eigenvalue weighted by Crippen LogP contribution is 2.50. The second-order valence-electron chi connectivity index (χ2n) is 10.1. The smallest absolute Gasteiger partial charge is 0.344 e. The van der Waals surface area contributed by atoms with Crippen molar-refractivity contribution in [1.29, 1.82) is 0 Å². The van der Waals surface area contributed by atoms with Crippen LogP contribution in [0.1, 0.15) is 28.2 Å². The van der Waals surface area contributed by atoms with Crippen molar-refractivity contribution in [2.75, 3.05) is 7.11 Å². The third-order valence-corrected chi connectivity index (χ3v) is 9.87. The molecule has 7 aromatic rings. The Kier molecular flexibility index (Phi) is 6.09. The topological polar surface area (TPSA) is 91.8 Å². The number of methoxy groups -OCH3 is 1. The Balaban J connectivity index is 1.32. The number of rotatable bonds is 5. The molecule has 0 saturated heterocycles. The molecule has 9 heteroatoms. The molecule has 0 fully saturated rings. The van der Waals surface area contributed by atoms with E-state index in [-0.39, 0.29) is 11.1 Å². The molecule has 1 aliphatic rings.